The Morgan fingerprint density at radius 1 is 1.29 bits per heavy atom. The molecule has 21 heavy (non-hydrogen) atoms. The number of nitrogens with one attached hydrogen (secondary N) is 1. The Balaban J connectivity index is 2.03. The van der Waals surface area contributed by atoms with E-state index in [-0.39, 0.29) is 0 Å². The highest BCUT2D eigenvalue weighted by atomic mass is 15.2. The van der Waals surface area contributed by atoms with Crippen LogP contribution < -0.4 is 10.2 Å². The molecule has 1 fully saturated rings. The van der Waals surface area contributed by atoms with E-state index in [0.29, 0.717) is 12.1 Å². The monoisotopic (exact) mass is 289 g/mol. The van der Waals surface area contributed by atoms with Crippen LogP contribution in [0.15, 0.2) is 24.3 Å². The van der Waals surface area contributed by atoms with Gasteiger partial charge >= 0.3 is 0 Å². The van der Waals surface area contributed by atoms with Gasteiger partial charge in [0.1, 0.15) is 0 Å². The summed E-state index contributed by atoms with van der Waals surface area (Å²) >= 11 is 0. The minimum Gasteiger partial charge on any atom is -0.370 e. The SMILES string of the molecule is CCNC(CC)c1ccc(N(C)C2CCCN(C)C2)cc1. The Bertz CT molecular complexity index is 415. The molecule has 1 aromatic carbocycles. The van der Waals surface area contributed by atoms with Gasteiger partial charge in [0.15, 0.2) is 0 Å². The summed E-state index contributed by atoms with van der Waals surface area (Å²) in [5.41, 5.74) is 2.74. The van der Waals surface area contributed by atoms with E-state index < -0.39 is 0 Å². The smallest absolute Gasteiger partial charge is 0.0414 e. The van der Waals surface area contributed by atoms with Gasteiger partial charge in [0.05, 0.1) is 0 Å². The van der Waals surface area contributed by atoms with E-state index in [2.05, 4.69) is 67.3 Å². The molecule has 0 spiro atoms. The maximum atomic E-state index is 3.55. The van der Waals surface area contributed by atoms with Crippen LogP contribution in [-0.4, -0.2) is 44.7 Å². The first-order valence-electron chi connectivity index (χ1n) is 8.40. The lowest BCUT2D eigenvalue weighted by Crippen LogP contribution is -2.45. The molecule has 1 N–H and O–H groups in total. The number of anilines is 1. The van der Waals surface area contributed by atoms with Gasteiger partial charge in [0.2, 0.25) is 0 Å². The Labute approximate surface area is 130 Å². The number of benzene rings is 1. The third-order valence-electron chi connectivity index (χ3n) is 4.71. The van der Waals surface area contributed by atoms with Crippen molar-refractivity contribution in [3.8, 4) is 0 Å². The van der Waals surface area contributed by atoms with Crippen LogP contribution in [0, 0.1) is 0 Å². The van der Waals surface area contributed by atoms with Gasteiger partial charge in [-0.25, -0.2) is 0 Å². The minimum atomic E-state index is 0.482. The number of nitrogens with zero attached hydrogens (tertiary/aromatic N) is 2. The first kappa shape index (κ1) is 16.3. The van der Waals surface area contributed by atoms with Gasteiger partial charge < -0.3 is 15.1 Å². The third kappa shape index (κ3) is 4.21. The lowest BCUT2D eigenvalue weighted by atomic mass is 10.0. The third-order valence-corrected chi connectivity index (χ3v) is 4.71. The topological polar surface area (TPSA) is 18.5 Å². The van der Waals surface area contributed by atoms with Crippen LogP contribution >= 0.6 is 0 Å². The fourth-order valence-electron chi connectivity index (χ4n) is 3.35. The zero-order valence-corrected chi connectivity index (χ0v) is 14.1. The number of likely N-dealkylation sites (N-methyl/N-ethyl adjacent to an activating group) is 2. The van der Waals surface area contributed by atoms with Crippen molar-refractivity contribution in [3.05, 3.63) is 29.8 Å². The van der Waals surface area contributed by atoms with E-state index >= 15 is 0 Å². The second-order valence-electron chi connectivity index (χ2n) is 6.28. The highest BCUT2D eigenvalue weighted by Crippen LogP contribution is 2.24. The molecule has 0 saturated carbocycles. The molecule has 0 bridgehead atoms. The van der Waals surface area contributed by atoms with E-state index in [1.807, 2.05) is 0 Å². The van der Waals surface area contributed by atoms with Crippen molar-refractivity contribution in [2.75, 3.05) is 38.6 Å². The van der Waals surface area contributed by atoms with Gasteiger partial charge in [-0.15, -0.1) is 0 Å². The van der Waals surface area contributed by atoms with Gasteiger partial charge in [-0.2, -0.15) is 0 Å². The van der Waals surface area contributed by atoms with E-state index in [1.165, 1.54) is 37.2 Å². The quantitative estimate of drug-likeness (QED) is 0.867. The molecule has 1 saturated heterocycles. The molecular weight excluding hydrogens is 258 g/mol. The Kier molecular flexibility index (Phi) is 6.07. The molecule has 0 aliphatic carbocycles. The molecule has 3 heteroatoms. The molecule has 1 aromatic rings. The van der Waals surface area contributed by atoms with Gasteiger partial charge in [0, 0.05) is 31.4 Å². The molecule has 2 unspecified atom stereocenters. The molecule has 118 valence electrons. The fourth-order valence-corrected chi connectivity index (χ4v) is 3.35. The van der Waals surface area contributed by atoms with Crippen LogP contribution in [0.25, 0.3) is 0 Å². The standard InChI is InChI=1S/C18H31N3/c1-5-18(19-6-2)15-9-11-16(12-10-15)21(4)17-8-7-13-20(3)14-17/h9-12,17-19H,5-8,13-14H2,1-4H3. The number of rotatable bonds is 6. The molecular formula is C18H31N3. The highest BCUT2D eigenvalue weighted by Gasteiger charge is 2.21. The average Bonchev–Trinajstić information content (AvgIpc) is 2.52. The van der Waals surface area contributed by atoms with Gasteiger partial charge in [-0.3, -0.25) is 0 Å². The minimum absolute atomic E-state index is 0.482. The summed E-state index contributed by atoms with van der Waals surface area (Å²) < 4.78 is 0. The first-order valence-corrected chi connectivity index (χ1v) is 8.40. The van der Waals surface area contributed by atoms with Crippen molar-refractivity contribution in [1.29, 1.82) is 0 Å². The normalized spacial score (nSPS) is 21.2. The van der Waals surface area contributed by atoms with Gasteiger partial charge in [-0.05, 0) is 57.1 Å². The number of hydrogen-bond donors (Lipinski definition) is 1. The zero-order valence-electron chi connectivity index (χ0n) is 14.1. The number of likely N-dealkylation sites (tertiary alicyclic amines) is 1. The van der Waals surface area contributed by atoms with Gasteiger partial charge in [-0.1, -0.05) is 26.0 Å². The predicted octanol–water partition coefficient (Wildman–Crippen LogP) is 3.28. The predicted molar refractivity (Wildman–Crippen MR) is 92.1 cm³/mol. The lowest BCUT2D eigenvalue weighted by molar-refractivity contribution is 0.248. The summed E-state index contributed by atoms with van der Waals surface area (Å²) in [5, 5.41) is 3.55. The summed E-state index contributed by atoms with van der Waals surface area (Å²) in [6.07, 6.45) is 3.75. The molecule has 0 aromatic heterocycles. The maximum absolute atomic E-state index is 3.55. The molecule has 2 rings (SSSR count). The average molecular weight is 289 g/mol. The number of piperidine rings is 1. The molecule has 1 aliphatic heterocycles. The summed E-state index contributed by atoms with van der Waals surface area (Å²) in [5.74, 6) is 0. The van der Waals surface area contributed by atoms with E-state index in [9.17, 15) is 0 Å². The first-order chi connectivity index (χ1) is 10.2. The molecule has 3 nitrogen and oxygen atoms in total. The van der Waals surface area contributed by atoms with Crippen LogP contribution in [0.5, 0.6) is 0 Å². The van der Waals surface area contributed by atoms with Crippen molar-refractivity contribution in [2.24, 2.45) is 0 Å². The van der Waals surface area contributed by atoms with Crippen molar-refractivity contribution < 1.29 is 0 Å². The second kappa shape index (κ2) is 7.81. The summed E-state index contributed by atoms with van der Waals surface area (Å²) in [7, 11) is 4.46. The molecule has 1 aliphatic rings. The lowest BCUT2D eigenvalue weighted by Gasteiger charge is -2.37. The van der Waals surface area contributed by atoms with Crippen LogP contribution in [-0.2, 0) is 0 Å². The molecule has 2 atom stereocenters. The fraction of sp³-hybridized carbons (Fsp3) is 0.667. The van der Waals surface area contributed by atoms with E-state index in [0.717, 1.165) is 13.0 Å². The Morgan fingerprint density at radius 2 is 2.00 bits per heavy atom. The van der Waals surface area contributed by atoms with Crippen LogP contribution in [0.2, 0.25) is 0 Å². The summed E-state index contributed by atoms with van der Waals surface area (Å²) in [6.45, 7) is 7.85. The Morgan fingerprint density at radius 3 is 2.57 bits per heavy atom. The Hall–Kier alpha value is -1.06. The molecule has 0 radical (unpaired) electrons. The van der Waals surface area contributed by atoms with E-state index in [4.69, 9.17) is 0 Å². The largest absolute Gasteiger partial charge is 0.370 e. The van der Waals surface area contributed by atoms with Crippen LogP contribution in [0.1, 0.15) is 44.7 Å². The van der Waals surface area contributed by atoms with Crippen LogP contribution in [0.4, 0.5) is 5.69 Å². The van der Waals surface area contributed by atoms with Crippen molar-refractivity contribution in [3.63, 3.8) is 0 Å². The maximum Gasteiger partial charge on any atom is 0.0414 e. The highest BCUT2D eigenvalue weighted by molar-refractivity contribution is 5.48. The van der Waals surface area contributed by atoms with Gasteiger partial charge in [0.25, 0.3) is 0 Å². The molecule has 0 amide bonds. The molecule has 1 heterocycles. The van der Waals surface area contributed by atoms with Crippen molar-refractivity contribution >= 4 is 5.69 Å². The van der Waals surface area contributed by atoms with Crippen LogP contribution in [0.3, 0.4) is 0 Å². The zero-order chi connectivity index (χ0) is 15.2. The van der Waals surface area contributed by atoms with Crippen molar-refractivity contribution in [2.45, 2.75) is 45.2 Å². The van der Waals surface area contributed by atoms with E-state index in [1.54, 1.807) is 0 Å². The summed E-state index contributed by atoms with van der Waals surface area (Å²) in [6, 6.07) is 10.3. The summed E-state index contributed by atoms with van der Waals surface area (Å²) in [4.78, 5) is 4.89. The van der Waals surface area contributed by atoms with Crippen molar-refractivity contribution in [1.82, 2.24) is 10.2 Å². The second-order valence-corrected chi connectivity index (χ2v) is 6.28. The number of hydrogen-bond acceptors (Lipinski definition) is 3.